The average Bonchev–Trinajstić information content (AvgIpc) is 2.68. The van der Waals surface area contributed by atoms with Crippen molar-refractivity contribution < 1.29 is 32.6 Å². The Morgan fingerprint density at radius 1 is 1.07 bits per heavy atom. The summed E-state index contributed by atoms with van der Waals surface area (Å²) < 4.78 is 47.1. The van der Waals surface area contributed by atoms with Crippen molar-refractivity contribution >= 4 is 23.6 Å². The highest BCUT2D eigenvalue weighted by Gasteiger charge is 2.59. The SMILES string of the molecule is CSCC(F)(F)C(N)(F)C(=O)Oc1ccccc1C(O)(C(N)=O)c1ccccc1. The summed E-state index contributed by atoms with van der Waals surface area (Å²) in [5.74, 6) is -13.3. The summed E-state index contributed by atoms with van der Waals surface area (Å²) in [6.45, 7) is 0. The number of aliphatic hydroxyl groups is 1. The van der Waals surface area contributed by atoms with Gasteiger partial charge in [0.2, 0.25) is 0 Å². The van der Waals surface area contributed by atoms with E-state index in [1.54, 1.807) is 6.07 Å². The predicted octanol–water partition coefficient (Wildman–Crippen LogP) is 1.94. The number of halogens is 3. The third-order valence-electron chi connectivity index (χ3n) is 4.18. The summed E-state index contributed by atoms with van der Waals surface area (Å²) in [4.78, 5) is 24.2. The second-order valence-electron chi connectivity index (χ2n) is 6.18. The van der Waals surface area contributed by atoms with Gasteiger partial charge < -0.3 is 15.6 Å². The molecule has 0 heterocycles. The minimum absolute atomic E-state index is 0.0305. The molecular weight excluding hydrogens is 409 g/mol. The van der Waals surface area contributed by atoms with Crippen molar-refractivity contribution in [1.29, 1.82) is 0 Å². The number of ether oxygens (including phenoxy) is 1. The number of hydrogen-bond donors (Lipinski definition) is 3. The molecule has 0 aliphatic carbocycles. The normalized spacial score (nSPS) is 15.8. The minimum Gasteiger partial charge on any atom is -0.423 e. The number of thioether (sulfide) groups is 1. The lowest BCUT2D eigenvalue weighted by molar-refractivity contribution is -0.175. The van der Waals surface area contributed by atoms with Crippen LogP contribution in [0.1, 0.15) is 11.1 Å². The molecule has 0 aliphatic heterocycles. The first-order valence-corrected chi connectivity index (χ1v) is 9.62. The van der Waals surface area contributed by atoms with Crippen LogP contribution in [0, 0.1) is 0 Å². The Hall–Kier alpha value is -2.56. The molecule has 2 aromatic rings. The summed E-state index contributed by atoms with van der Waals surface area (Å²) in [7, 11) is 0. The first-order valence-electron chi connectivity index (χ1n) is 8.22. The lowest BCUT2D eigenvalue weighted by Gasteiger charge is -2.30. The van der Waals surface area contributed by atoms with Gasteiger partial charge in [0, 0.05) is 5.56 Å². The molecule has 0 saturated heterocycles. The zero-order valence-electron chi connectivity index (χ0n) is 15.3. The van der Waals surface area contributed by atoms with Gasteiger partial charge in [-0.25, -0.2) is 9.18 Å². The molecule has 0 bridgehead atoms. The van der Waals surface area contributed by atoms with Crippen LogP contribution in [0.5, 0.6) is 5.75 Å². The highest BCUT2D eigenvalue weighted by Crippen LogP contribution is 2.38. The highest BCUT2D eigenvalue weighted by atomic mass is 32.2. The Morgan fingerprint density at radius 3 is 2.17 bits per heavy atom. The maximum Gasteiger partial charge on any atom is 0.371 e. The lowest BCUT2D eigenvalue weighted by atomic mass is 9.85. The second kappa shape index (κ2) is 8.44. The maximum atomic E-state index is 14.4. The fourth-order valence-electron chi connectivity index (χ4n) is 2.57. The third-order valence-corrected chi connectivity index (χ3v) is 4.83. The maximum absolute atomic E-state index is 14.4. The van der Waals surface area contributed by atoms with E-state index >= 15 is 0 Å². The molecule has 0 saturated carbocycles. The fraction of sp³-hybridized carbons (Fsp3) is 0.263. The van der Waals surface area contributed by atoms with Crippen molar-refractivity contribution in [3.05, 3.63) is 65.7 Å². The van der Waals surface area contributed by atoms with E-state index in [1.807, 2.05) is 0 Å². The molecule has 0 spiro atoms. The van der Waals surface area contributed by atoms with Gasteiger partial charge in [0.1, 0.15) is 5.75 Å². The van der Waals surface area contributed by atoms with Gasteiger partial charge in [-0.2, -0.15) is 20.5 Å². The number of alkyl halides is 3. The Morgan fingerprint density at radius 2 is 1.62 bits per heavy atom. The molecule has 5 N–H and O–H groups in total. The fourth-order valence-corrected chi connectivity index (χ4v) is 3.15. The quantitative estimate of drug-likeness (QED) is 0.336. The van der Waals surface area contributed by atoms with Crippen LogP contribution < -0.4 is 16.2 Å². The summed E-state index contributed by atoms with van der Waals surface area (Å²) in [5.41, 5.74) is 7.54. The van der Waals surface area contributed by atoms with Crippen molar-refractivity contribution in [3.63, 3.8) is 0 Å². The van der Waals surface area contributed by atoms with Crippen molar-refractivity contribution in [1.82, 2.24) is 0 Å². The summed E-state index contributed by atoms with van der Waals surface area (Å²) >= 11 is 0.589. The van der Waals surface area contributed by atoms with E-state index in [1.165, 1.54) is 48.7 Å². The van der Waals surface area contributed by atoms with E-state index in [0.717, 1.165) is 6.07 Å². The highest BCUT2D eigenvalue weighted by molar-refractivity contribution is 7.98. The number of nitrogens with two attached hydrogens (primary N) is 2. The summed E-state index contributed by atoms with van der Waals surface area (Å²) in [5, 5.41) is 11.0. The Balaban J connectivity index is 2.51. The largest absolute Gasteiger partial charge is 0.423 e. The van der Waals surface area contributed by atoms with Crippen LogP contribution >= 0.6 is 11.8 Å². The topological polar surface area (TPSA) is 116 Å². The predicted molar refractivity (Wildman–Crippen MR) is 102 cm³/mol. The van der Waals surface area contributed by atoms with E-state index < -0.39 is 40.7 Å². The van der Waals surface area contributed by atoms with Crippen LogP contribution in [-0.4, -0.2) is 40.7 Å². The summed E-state index contributed by atoms with van der Waals surface area (Å²) in [6, 6.07) is 12.4. The molecule has 2 aromatic carbocycles. The molecule has 156 valence electrons. The van der Waals surface area contributed by atoms with E-state index in [2.05, 4.69) is 0 Å². The minimum atomic E-state index is -4.22. The first kappa shape index (κ1) is 22.7. The molecule has 0 fully saturated rings. The van der Waals surface area contributed by atoms with Gasteiger partial charge in [0.05, 0.1) is 5.75 Å². The van der Waals surface area contributed by atoms with E-state index in [-0.39, 0.29) is 11.1 Å². The van der Waals surface area contributed by atoms with Crippen LogP contribution in [0.4, 0.5) is 13.2 Å². The lowest BCUT2D eigenvalue weighted by Crippen LogP contribution is -2.60. The van der Waals surface area contributed by atoms with E-state index in [0.29, 0.717) is 11.8 Å². The van der Waals surface area contributed by atoms with Crippen molar-refractivity contribution in [2.75, 3.05) is 12.0 Å². The number of hydrogen-bond acceptors (Lipinski definition) is 6. The standard InChI is InChI=1S/C19H19F3N2O4S/c1-29-11-17(20,21)19(22,24)16(26)28-14-10-6-5-9-13(14)18(27,15(23)25)12-7-3-2-4-8-12/h2-10,27H,11,24H2,1H3,(H2,23,25). The van der Waals surface area contributed by atoms with Gasteiger partial charge in [0.15, 0.2) is 5.60 Å². The molecule has 2 atom stereocenters. The molecule has 29 heavy (non-hydrogen) atoms. The van der Waals surface area contributed by atoms with E-state index in [4.69, 9.17) is 16.2 Å². The van der Waals surface area contributed by atoms with Gasteiger partial charge >= 0.3 is 17.7 Å². The Kier molecular flexibility index (Phi) is 6.61. The molecule has 6 nitrogen and oxygen atoms in total. The van der Waals surface area contributed by atoms with Gasteiger partial charge in [-0.3, -0.25) is 10.5 Å². The van der Waals surface area contributed by atoms with E-state index in [9.17, 15) is 27.9 Å². The van der Waals surface area contributed by atoms with Crippen LogP contribution in [0.25, 0.3) is 0 Å². The average molecular weight is 428 g/mol. The zero-order chi connectivity index (χ0) is 21.9. The molecule has 0 radical (unpaired) electrons. The smallest absolute Gasteiger partial charge is 0.371 e. The number of carbonyl (C=O) groups excluding carboxylic acids is 2. The third kappa shape index (κ3) is 4.24. The zero-order valence-corrected chi connectivity index (χ0v) is 16.1. The van der Waals surface area contributed by atoms with Gasteiger partial charge in [0.25, 0.3) is 5.91 Å². The molecule has 10 heteroatoms. The van der Waals surface area contributed by atoms with Gasteiger partial charge in [-0.05, 0) is 17.9 Å². The number of rotatable bonds is 8. The van der Waals surface area contributed by atoms with Crippen molar-refractivity contribution in [3.8, 4) is 5.75 Å². The number of amides is 1. The molecule has 2 unspecified atom stereocenters. The van der Waals surface area contributed by atoms with Crippen LogP contribution in [0.15, 0.2) is 54.6 Å². The number of benzene rings is 2. The van der Waals surface area contributed by atoms with Crippen molar-refractivity contribution in [2.45, 2.75) is 17.3 Å². The molecule has 2 rings (SSSR count). The van der Waals surface area contributed by atoms with Gasteiger partial charge in [-0.1, -0.05) is 48.5 Å². The van der Waals surface area contributed by atoms with Crippen LogP contribution in [-0.2, 0) is 15.2 Å². The first-order chi connectivity index (χ1) is 13.5. The Bertz CT molecular complexity index is 896. The number of primary amides is 1. The molecule has 0 aliphatic rings. The van der Waals surface area contributed by atoms with Crippen LogP contribution in [0.2, 0.25) is 0 Å². The molecule has 0 aromatic heterocycles. The number of carbonyl (C=O) groups is 2. The molecule has 1 amide bonds. The van der Waals surface area contributed by atoms with Gasteiger partial charge in [-0.15, -0.1) is 0 Å². The molecular formula is C19H19F3N2O4S. The second-order valence-corrected chi connectivity index (χ2v) is 7.04. The Labute approximate surface area is 169 Å². The van der Waals surface area contributed by atoms with Crippen molar-refractivity contribution in [2.24, 2.45) is 11.5 Å². The number of para-hydroxylation sites is 1. The monoisotopic (exact) mass is 428 g/mol. The number of esters is 1. The van der Waals surface area contributed by atoms with Crippen LogP contribution in [0.3, 0.4) is 0 Å². The summed E-state index contributed by atoms with van der Waals surface area (Å²) in [6.07, 6.45) is 1.29.